The Morgan fingerprint density at radius 3 is 2.81 bits per heavy atom. The first-order chi connectivity index (χ1) is 13.1. The monoisotopic (exact) mass is 386 g/mol. The molecule has 0 aromatic carbocycles. The van der Waals surface area contributed by atoms with Crippen LogP contribution < -0.4 is 5.56 Å². The summed E-state index contributed by atoms with van der Waals surface area (Å²) >= 11 is 1.58. The van der Waals surface area contributed by atoms with Gasteiger partial charge in [0.2, 0.25) is 11.8 Å². The Hall–Kier alpha value is -2.48. The molecule has 2 fully saturated rings. The van der Waals surface area contributed by atoms with Crippen molar-refractivity contribution in [2.75, 3.05) is 26.2 Å². The molecule has 0 aliphatic carbocycles. The van der Waals surface area contributed by atoms with Crippen molar-refractivity contribution in [1.82, 2.24) is 19.6 Å². The fourth-order valence-electron chi connectivity index (χ4n) is 3.76. The van der Waals surface area contributed by atoms with E-state index in [1.54, 1.807) is 33.3 Å². The van der Waals surface area contributed by atoms with E-state index in [-0.39, 0.29) is 30.0 Å². The van der Waals surface area contributed by atoms with Gasteiger partial charge in [0.05, 0.1) is 17.5 Å². The molecule has 7 nitrogen and oxygen atoms in total. The van der Waals surface area contributed by atoms with E-state index >= 15 is 0 Å². The molecule has 2 aliphatic heterocycles. The molecule has 0 N–H and O–H groups in total. The number of thiophene rings is 1. The summed E-state index contributed by atoms with van der Waals surface area (Å²) in [5.41, 5.74) is 0.625. The van der Waals surface area contributed by atoms with Crippen LogP contribution >= 0.6 is 11.3 Å². The summed E-state index contributed by atoms with van der Waals surface area (Å²) in [5.74, 6) is 0.0101. The SMILES string of the molecule is O=C1CCCN1CC(=O)N1CCC[C@@H](n2nc(-c3cccs3)ccc2=O)C1. The van der Waals surface area contributed by atoms with E-state index in [0.29, 0.717) is 26.1 Å². The summed E-state index contributed by atoms with van der Waals surface area (Å²) in [6, 6.07) is 7.09. The Balaban J connectivity index is 1.49. The van der Waals surface area contributed by atoms with Crippen LogP contribution in [-0.4, -0.2) is 57.6 Å². The maximum atomic E-state index is 12.6. The minimum atomic E-state index is -0.149. The summed E-state index contributed by atoms with van der Waals surface area (Å²) in [4.78, 5) is 41.2. The summed E-state index contributed by atoms with van der Waals surface area (Å²) in [7, 11) is 0. The molecule has 2 aromatic heterocycles. The normalized spacial score (nSPS) is 20.3. The van der Waals surface area contributed by atoms with E-state index in [1.807, 2.05) is 17.5 Å². The van der Waals surface area contributed by atoms with Crippen molar-refractivity contribution in [3.63, 3.8) is 0 Å². The molecule has 0 saturated carbocycles. The summed E-state index contributed by atoms with van der Waals surface area (Å²) in [6.07, 6.45) is 2.99. The van der Waals surface area contributed by atoms with Gasteiger partial charge in [0.15, 0.2) is 0 Å². The van der Waals surface area contributed by atoms with Crippen LogP contribution in [0, 0.1) is 0 Å². The Bertz CT molecular complexity index is 893. The van der Waals surface area contributed by atoms with E-state index in [9.17, 15) is 14.4 Å². The predicted octanol–water partition coefficient (Wildman–Crippen LogP) is 1.76. The number of hydrogen-bond donors (Lipinski definition) is 0. The number of rotatable bonds is 4. The number of hydrogen-bond acceptors (Lipinski definition) is 5. The van der Waals surface area contributed by atoms with Crippen molar-refractivity contribution in [3.8, 4) is 10.6 Å². The molecule has 2 amide bonds. The third-order valence-electron chi connectivity index (χ3n) is 5.19. The second-order valence-corrected chi connectivity index (χ2v) is 7.98. The molecular formula is C19H22N4O3S. The highest BCUT2D eigenvalue weighted by atomic mass is 32.1. The van der Waals surface area contributed by atoms with Crippen molar-refractivity contribution >= 4 is 23.2 Å². The fraction of sp³-hybridized carbons (Fsp3) is 0.474. The van der Waals surface area contributed by atoms with Crippen LogP contribution in [-0.2, 0) is 9.59 Å². The average Bonchev–Trinajstić information content (AvgIpc) is 3.35. The zero-order valence-electron chi connectivity index (χ0n) is 15.0. The standard InChI is InChI=1S/C19H22N4O3S/c24-17-6-2-10-22(17)13-19(26)21-9-1-4-14(12-21)23-18(25)8-7-15(20-23)16-5-3-11-27-16/h3,5,7-8,11,14H,1-2,4,6,9-10,12-13H2/t14-/m1/s1. The first-order valence-electron chi connectivity index (χ1n) is 9.31. The maximum absolute atomic E-state index is 12.6. The highest BCUT2D eigenvalue weighted by Gasteiger charge is 2.29. The summed E-state index contributed by atoms with van der Waals surface area (Å²) in [6.45, 7) is 1.92. The summed E-state index contributed by atoms with van der Waals surface area (Å²) in [5, 5.41) is 6.54. The topological polar surface area (TPSA) is 75.5 Å². The Morgan fingerprint density at radius 2 is 2.07 bits per heavy atom. The smallest absolute Gasteiger partial charge is 0.267 e. The van der Waals surface area contributed by atoms with E-state index in [4.69, 9.17) is 0 Å². The van der Waals surface area contributed by atoms with Gasteiger partial charge in [-0.15, -0.1) is 11.3 Å². The van der Waals surface area contributed by atoms with Crippen LogP contribution in [0.15, 0.2) is 34.4 Å². The van der Waals surface area contributed by atoms with Crippen LogP contribution in [0.2, 0.25) is 0 Å². The van der Waals surface area contributed by atoms with Crippen LogP contribution in [0.5, 0.6) is 0 Å². The highest BCUT2D eigenvalue weighted by Crippen LogP contribution is 2.24. The van der Waals surface area contributed by atoms with Gasteiger partial charge in [-0.05, 0) is 36.8 Å². The predicted molar refractivity (Wildman–Crippen MR) is 102 cm³/mol. The molecule has 8 heteroatoms. The van der Waals surface area contributed by atoms with Crippen molar-refractivity contribution < 1.29 is 9.59 Å². The lowest BCUT2D eigenvalue weighted by molar-refractivity contribution is -0.139. The zero-order valence-corrected chi connectivity index (χ0v) is 15.9. The van der Waals surface area contributed by atoms with Crippen LogP contribution in [0.3, 0.4) is 0 Å². The number of piperidine rings is 1. The third kappa shape index (κ3) is 3.80. The van der Waals surface area contributed by atoms with Gasteiger partial charge in [0, 0.05) is 32.1 Å². The van der Waals surface area contributed by atoms with E-state index < -0.39 is 0 Å². The minimum Gasteiger partial charge on any atom is -0.339 e. The molecule has 1 atom stereocenters. The van der Waals surface area contributed by atoms with E-state index in [1.165, 1.54) is 4.68 Å². The van der Waals surface area contributed by atoms with Gasteiger partial charge in [0.25, 0.3) is 5.56 Å². The number of carbonyl (C=O) groups is 2. The van der Waals surface area contributed by atoms with Gasteiger partial charge in [-0.3, -0.25) is 14.4 Å². The Morgan fingerprint density at radius 1 is 1.19 bits per heavy atom. The molecule has 142 valence electrons. The first-order valence-corrected chi connectivity index (χ1v) is 10.2. The second kappa shape index (κ2) is 7.64. The summed E-state index contributed by atoms with van der Waals surface area (Å²) < 4.78 is 1.52. The lowest BCUT2D eigenvalue weighted by Gasteiger charge is -2.34. The molecule has 2 aromatic rings. The second-order valence-electron chi connectivity index (χ2n) is 7.03. The quantitative estimate of drug-likeness (QED) is 0.802. The highest BCUT2D eigenvalue weighted by molar-refractivity contribution is 7.13. The van der Waals surface area contributed by atoms with Crippen LogP contribution in [0.4, 0.5) is 0 Å². The van der Waals surface area contributed by atoms with E-state index in [0.717, 1.165) is 29.8 Å². The van der Waals surface area contributed by atoms with Gasteiger partial charge < -0.3 is 9.80 Å². The number of carbonyl (C=O) groups excluding carboxylic acids is 2. The number of aromatic nitrogens is 2. The molecule has 0 radical (unpaired) electrons. The lowest BCUT2D eigenvalue weighted by Crippen LogP contribution is -2.47. The Labute approximate surface area is 161 Å². The number of nitrogens with zero attached hydrogens (tertiary/aromatic N) is 4. The molecule has 4 rings (SSSR count). The fourth-order valence-corrected chi connectivity index (χ4v) is 4.45. The average molecular weight is 386 g/mol. The molecule has 2 saturated heterocycles. The lowest BCUT2D eigenvalue weighted by atomic mass is 10.1. The molecule has 2 aliphatic rings. The number of amides is 2. The van der Waals surface area contributed by atoms with Gasteiger partial charge in [-0.2, -0.15) is 5.10 Å². The number of likely N-dealkylation sites (tertiary alicyclic amines) is 2. The zero-order chi connectivity index (χ0) is 18.8. The van der Waals surface area contributed by atoms with Gasteiger partial charge >= 0.3 is 0 Å². The minimum absolute atomic E-state index is 0.0441. The van der Waals surface area contributed by atoms with Crippen molar-refractivity contribution in [2.45, 2.75) is 31.7 Å². The maximum Gasteiger partial charge on any atom is 0.267 e. The molecular weight excluding hydrogens is 364 g/mol. The molecule has 0 bridgehead atoms. The molecule has 0 unspecified atom stereocenters. The van der Waals surface area contributed by atoms with Crippen LogP contribution in [0.25, 0.3) is 10.6 Å². The van der Waals surface area contributed by atoms with E-state index in [2.05, 4.69) is 5.10 Å². The van der Waals surface area contributed by atoms with Gasteiger partial charge in [0.1, 0.15) is 5.69 Å². The van der Waals surface area contributed by atoms with Crippen LogP contribution in [0.1, 0.15) is 31.7 Å². The molecule has 4 heterocycles. The third-order valence-corrected chi connectivity index (χ3v) is 6.08. The largest absolute Gasteiger partial charge is 0.339 e. The van der Waals surface area contributed by atoms with Crippen molar-refractivity contribution in [3.05, 3.63) is 40.0 Å². The molecule has 0 spiro atoms. The van der Waals surface area contributed by atoms with Gasteiger partial charge in [-0.25, -0.2) is 4.68 Å². The molecule has 27 heavy (non-hydrogen) atoms. The van der Waals surface area contributed by atoms with Crippen molar-refractivity contribution in [1.29, 1.82) is 0 Å². The Kier molecular flexibility index (Phi) is 5.07. The first kappa shape index (κ1) is 17.9. The van der Waals surface area contributed by atoms with Gasteiger partial charge in [-0.1, -0.05) is 6.07 Å². The van der Waals surface area contributed by atoms with Crippen molar-refractivity contribution in [2.24, 2.45) is 0 Å².